The molecule has 1 aliphatic rings. The van der Waals surface area contributed by atoms with Crippen LogP contribution in [-0.2, 0) is 14.3 Å². The van der Waals surface area contributed by atoms with Crippen LogP contribution in [0, 0.1) is 0 Å². The second-order valence-corrected chi connectivity index (χ2v) is 8.13. The lowest BCUT2D eigenvalue weighted by atomic mass is 10.1. The molecule has 4 rings (SSSR count). The van der Waals surface area contributed by atoms with Crippen LogP contribution in [0.2, 0.25) is 0 Å². The van der Waals surface area contributed by atoms with Crippen LogP contribution in [0.15, 0.2) is 66.7 Å². The predicted molar refractivity (Wildman–Crippen MR) is 132 cm³/mol. The lowest BCUT2D eigenvalue weighted by Gasteiger charge is -2.25. The zero-order valence-electron chi connectivity index (χ0n) is 18.9. The monoisotopic (exact) mass is 460 g/mol. The number of benzene rings is 3. The van der Waals surface area contributed by atoms with Gasteiger partial charge >= 0.3 is 0 Å². The van der Waals surface area contributed by atoms with Gasteiger partial charge in [0.2, 0.25) is 11.8 Å². The van der Waals surface area contributed by atoms with E-state index in [9.17, 15) is 14.4 Å². The summed E-state index contributed by atoms with van der Waals surface area (Å²) in [6.07, 6.45) is 0.150. The van der Waals surface area contributed by atoms with E-state index in [1.807, 2.05) is 41.3 Å². The summed E-state index contributed by atoms with van der Waals surface area (Å²) in [5, 5.41) is 10.5. The smallest absolute Gasteiger partial charge is 0.251 e. The van der Waals surface area contributed by atoms with Crippen molar-refractivity contribution < 1.29 is 19.1 Å². The molecule has 3 N–H and O–H groups in total. The average Bonchev–Trinajstić information content (AvgIpc) is 2.85. The molecule has 0 aromatic heterocycles. The van der Waals surface area contributed by atoms with Crippen molar-refractivity contribution in [1.29, 1.82) is 0 Å². The Morgan fingerprint density at radius 3 is 2.15 bits per heavy atom. The van der Waals surface area contributed by atoms with Crippen molar-refractivity contribution in [3.63, 3.8) is 0 Å². The van der Waals surface area contributed by atoms with E-state index in [4.69, 9.17) is 4.74 Å². The van der Waals surface area contributed by atoms with E-state index < -0.39 is 0 Å². The lowest BCUT2D eigenvalue weighted by molar-refractivity contribution is -0.118. The first kappa shape index (κ1) is 23.4. The van der Waals surface area contributed by atoms with E-state index in [2.05, 4.69) is 16.0 Å². The number of morpholine rings is 1. The molecule has 1 aliphatic heterocycles. The van der Waals surface area contributed by atoms with E-state index in [-0.39, 0.29) is 30.7 Å². The number of anilines is 2. The molecule has 0 aliphatic carbocycles. The van der Waals surface area contributed by atoms with Gasteiger partial charge in [0.25, 0.3) is 5.91 Å². The number of hydrogen-bond donors (Lipinski definition) is 3. The summed E-state index contributed by atoms with van der Waals surface area (Å²) in [4.78, 5) is 38.9. The number of rotatable bonds is 8. The number of carbonyl (C=O) groups excluding carboxylic acids is 3. The minimum absolute atomic E-state index is 0.0826. The molecule has 0 spiro atoms. The van der Waals surface area contributed by atoms with Crippen molar-refractivity contribution in [3.8, 4) is 0 Å². The highest BCUT2D eigenvalue weighted by molar-refractivity contribution is 5.99. The van der Waals surface area contributed by atoms with E-state index >= 15 is 0 Å². The average molecular weight is 461 g/mol. The molecule has 0 saturated carbocycles. The van der Waals surface area contributed by atoms with Gasteiger partial charge in [-0.2, -0.15) is 0 Å². The van der Waals surface area contributed by atoms with Crippen molar-refractivity contribution in [1.82, 2.24) is 10.2 Å². The first-order valence-electron chi connectivity index (χ1n) is 11.3. The highest BCUT2D eigenvalue weighted by atomic mass is 16.5. The van der Waals surface area contributed by atoms with Gasteiger partial charge in [-0.15, -0.1) is 0 Å². The number of ether oxygens (including phenoxy) is 1. The normalized spacial score (nSPS) is 13.9. The molecule has 0 radical (unpaired) electrons. The Labute approximate surface area is 198 Å². The highest BCUT2D eigenvalue weighted by Gasteiger charge is 2.14. The molecule has 8 heteroatoms. The summed E-state index contributed by atoms with van der Waals surface area (Å²) >= 11 is 0. The maximum Gasteiger partial charge on any atom is 0.251 e. The van der Waals surface area contributed by atoms with Crippen LogP contribution in [0.5, 0.6) is 0 Å². The Morgan fingerprint density at radius 1 is 0.794 bits per heavy atom. The van der Waals surface area contributed by atoms with Crippen LogP contribution < -0.4 is 16.0 Å². The van der Waals surface area contributed by atoms with E-state index in [1.165, 1.54) is 0 Å². The Morgan fingerprint density at radius 2 is 1.44 bits per heavy atom. The molecular weight excluding hydrogens is 432 g/mol. The maximum atomic E-state index is 12.4. The highest BCUT2D eigenvalue weighted by Crippen LogP contribution is 2.16. The molecule has 1 saturated heterocycles. The van der Waals surface area contributed by atoms with Crippen LogP contribution >= 0.6 is 0 Å². The van der Waals surface area contributed by atoms with Crippen LogP contribution in [0.4, 0.5) is 11.4 Å². The summed E-state index contributed by atoms with van der Waals surface area (Å²) in [6, 6.07) is 20.3. The van der Waals surface area contributed by atoms with Crippen LogP contribution in [0.1, 0.15) is 16.8 Å². The molecule has 3 aromatic carbocycles. The predicted octanol–water partition coefficient (Wildman–Crippen LogP) is 2.87. The topological polar surface area (TPSA) is 99.8 Å². The first-order valence-corrected chi connectivity index (χ1v) is 11.3. The van der Waals surface area contributed by atoms with Gasteiger partial charge in [0, 0.05) is 43.0 Å². The largest absolute Gasteiger partial charge is 0.379 e. The zero-order chi connectivity index (χ0) is 23.8. The second-order valence-electron chi connectivity index (χ2n) is 8.13. The van der Waals surface area contributed by atoms with E-state index in [0.29, 0.717) is 36.7 Å². The molecular formula is C26H28N4O4. The van der Waals surface area contributed by atoms with Crippen LogP contribution in [-0.4, -0.2) is 62.0 Å². The van der Waals surface area contributed by atoms with E-state index in [1.54, 1.807) is 30.3 Å². The molecule has 34 heavy (non-hydrogen) atoms. The summed E-state index contributed by atoms with van der Waals surface area (Å²) in [5.74, 6) is -0.500. The molecule has 0 unspecified atom stereocenters. The first-order chi connectivity index (χ1) is 16.6. The third-order valence-corrected chi connectivity index (χ3v) is 5.57. The Bertz CT molecular complexity index is 1160. The molecule has 0 atom stereocenters. The third kappa shape index (κ3) is 6.63. The standard InChI is InChI=1S/C26H28N4O4/c31-24(11-12-27-26(33)21-6-5-19-3-1-2-4-20(19)17-21)28-22-7-9-23(10-8-22)29-25(32)18-30-13-15-34-16-14-30/h1-10,17H,11-16,18H2,(H,27,33)(H,28,31)(H,29,32). The number of hydrogen-bond acceptors (Lipinski definition) is 5. The van der Waals surface area contributed by atoms with Crippen LogP contribution in [0.3, 0.4) is 0 Å². The lowest BCUT2D eigenvalue weighted by Crippen LogP contribution is -2.41. The molecule has 1 fully saturated rings. The summed E-state index contributed by atoms with van der Waals surface area (Å²) in [7, 11) is 0. The number of fused-ring (bicyclic) bond motifs is 1. The fraction of sp³-hybridized carbons (Fsp3) is 0.269. The minimum atomic E-state index is -0.212. The van der Waals surface area contributed by atoms with Gasteiger partial charge in [0.1, 0.15) is 0 Å². The summed E-state index contributed by atoms with van der Waals surface area (Å²) in [6.45, 7) is 3.35. The summed E-state index contributed by atoms with van der Waals surface area (Å²) in [5.41, 5.74) is 1.85. The molecule has 176 valence electrons. The quantitative estimate of drug-likeness (QED) is 0.480. The molecule has 3 amide bonds. The number of amides is 3. The molecule has 1 heterocycles. The van der Waals surface area contributed by atoms with E-state index in [0.717, 1.165) is 23.9 Å². The third-order valence-electron chi connectivity index (χ3n) is 5.57. The SMILES string of the molecule is O=C(CCNC(=O)c1ccc2ccccc2c1)Nc1ccc(NC(=O)CN2CCOCC2)cc1. The maximum absolute atomic E-state index is 12.4. The van der Waals surface area contributed by atoms with Crippen molar-refractivity contribution in [2.24, 2.45) is 0 Å². The van der Waals surface area contributed by atoms with Crippen molar-refractivity contribution in [3.05, 3.63) is 72.3 Å². The second kappa shape index (κ2) is 11.4. The Balaban J connectivity index is 1.19. The number of carbonyl (C=O) groups is 3. The molecule has 3 aromatic rings. The van der Waals surface area contributed by atoms with Crippen LogP contribution in [0.25, 0.3) is 10.8 Å². The van der Waals surface area contributed by atoms with Gasteiger partial charge < -0.3 is 20.7 Å². The summed E-state index contributed by atoms with van der Waals surface area (Å²) < 4.78 is 5.29. The molecule has 8 nitrogen and oxygen atoms in total. The fourth-order valence-corrected chi connectivity index (χ4v) is 3.75. The minimum Gasteiger partial charge on any atom is -0.379 e. The molecule has 0 bridgehead atoms. The van der Waals surface area contributed by atoms with Crippen molar-refractivity contribution >= 4 is 39.9 Å². The van der Waals surface area contributed by atoms with Crippen molar-refractivity contribution in [2.45, 2.75) is 6.42 Å². The Hall–Kier alpha value is -3.75. The van der Waals surface area contributed by atoms with Gasteiger partial charge in [-0.1, -0.05) is 30.3 Å². The van der Waals surface area contributed by atoms with Crippen molar-refractivity contribution in [2.75, 3.05) is 50.0 Å². The van der Waals surface area contributed by atoms with Gasteiger partial charge in [-0.05, 0) is 47.2 Å². The van der Waals surface area contributed by atoms with Gasteiger partial charge in [0.05, 0.1) is 19.8 Å². The number of nitrogens with one attached hydrogen (secondary N) is 3. The Kier molecular flexibility index (Phi) is 7.85. The number of nitrogens with zero attached hydrogens (tertiary/aromatic N) is 1. The zero-order valence-corrected chi connectivity index (χ0v) is 18.9. The van der Waals surface area contributed by atoms with Gasteiger partial charge in [-0.3, -0.25) is 19.3 Å². The fourth-order valence-electron chi connectivity index (χ4n) is 3.75. The van der Waals surface area contributed by atoms with Gasteiger partial charge in [-0.25, -0.2) is 0 Å². The van der Waals surface area contributed by atoms with Gasteiger partial charge in [0.15, 0.2) is 0 Å².